The van der Waals surface area contributed by atoms with Gasteiger partial charge >= 0.3 is 0 Å². The highest BCUT2D eigenvalue weighted by molar-refractivity contribution is 5.94. The highest BCUT2D eigenvalue weighted by Crippen LogP contribution is 2.22. The molecule has 1 aromatic heterocycles. The maximum atomic E-state index is 12.5. The van der Waals surface area contributed by atoms with E-state index in [1.165, 1.54) is 10.6 Å². The lowest BCUT2D eigenvalue weighted by molar-refractivity contribution is -0.128. The third-order valence-corrected chi connectivity index (χ3v) is 5.16. The molecule has 142 valence electrons. The van der Waals surface area contributed by atoms with Crippen LogP contribution in [0, 0.1) is 0 Å². The highest BCUT2D eigenvalue weighted by atomic mass is 16.2. The predicted octanol–water partition coefficient (Wildman–Crippen LogP) is 2.07. The Labute approximate surface area is 162 Å². The first-order chi connectivity index (χ1) is 13.5. The number of hydrogen-bond donors (Lipinski definition) is 1. The second-order valence-electron chi connectivity index (χ2n) is 7.12. The number of pyridine rings is 1. The quantitative estimate of drug-likeness (QED) is 0.759. The highest BCUT2D eigenvalue weighted by Gasteiger charge is 2.31. The number of aromatic nitrogens is 1. The molecule has 3 aromatic rings. The molecule has 1 fully saturated rings. The molecule has 1 saturated heterocycles. The summed E-state index contributed by atoms with van der Waals surface area (Å²) >= 11 is 0. The third-order valence-electron chi connectivity index (χ3n) is 5.16. The number of nitrogens with zero attached hydrogens (tertiary/aromatic N) is 2. The Morgan fingerprint density at radius 3 is 2.71 bits per heavy atom. The van der Waals surface area contributed by atoms with Crippen molar-refractivity contribution < 1.29 is 9.59 Å². The first kappa shape index (κ1) is 18.0. The van der Waals surface area contributed by atoms with Crippen LogP contribution in [0.15, 0.2) is 65.6 Å². The number of carbonyl (C=O) groups excluding carboxylic acids is 2. The zero-order chi connectivity index (χ0) is 19.7. The number of likely N-dealkylation sites (tertiary alicyclic amines) is 1. The molecule has 0 saturated carbocycles. The van der Waals surface area contributed by atoms with Gasteiger partial charge in [-0.2, -0.15) is 0 Å². The number of nitrogens with one attached hydrogen (secondary N) is 1. The van der Waals surface area contributed by atoms with E-state index < -0.39 is 5.91 Å². The van der Waals surface area contributed by atoms with E-state index in [2.05, 4.69) is 11.4 Å². The van der Waals surface area contributed by atoms with Crippen LogP contribution in [0.1, 0.15) is 22.3 Å². The van der Waals surface area contributed by atoms with Crippen molar-refractivity contribution in [2.24, 2.45) is 7.05 Å². The van der Waals surface area contributed by atoms with Crippen molar-refractivity contribution >= 4 is 22.6 Å². The van der Waals surface area contributed by atoms with E-state index in [1.54, 1.807) is 24.2 Å². The third kappa shape index (κ3) is 3.41. The van der Waals surface area contributed by atoms with Crippen LogP contribution in [0.5, 0.6) is 0 Å². The summed E-state index contributed by atoms with van der Waals surface area (Å²) in [6.45, 7) is 0.931. The molecule has 1 aliphatic heterocycles. The van der Waals surface area contributed by atoms with Crippen molar-refractivity contribution in [1.82, 2.24) is 14.8 Å². The van der Waals surface area contributed by atoms with Crippen LogP contribution in [0.2, 0.25) is 0 Å². The van der Waals surface area contributed by atoms with Crippen molar-refractivity contribution in [3.63, 3.8) is 0 Å². The summed E-state index contributed by atoms with van der Waals surface area (Å²) in [7, 11) is 1.60. The number of rotatable bonds is 4. The maximum Gasteiger partial charge on any atom is 0.263 e. The minimum atomic E-state index is -0.439. The van der Waals surface area contributed by atoms with Gasteiger partial charge in [0.2, 0.25) is 5.91 Å². The van der Waals surface area contributed by atoms with E-state index in [9.17, 15) is 14.4 Å². The molecule has 2 heterocycles. The van der Waals surface area contributed by atoms with E-state index >= 15 is 0 Å². The van der Waals surface area contributed by atoms with Crippen molar-refractivity contribution in [2.75, 3.05) is 6.54 Å². The normalized spacial score (nSPS) is 16.5. The zero-order valence-electron chi connectivity index (χ0n) is 15.6. The number of aryl methyl sites for hydroxylation is 1. The summed E-state index contributed by atoms with van der Waals surface area (Å²) in [5.74, 6) is -0.440. The molecule has 0 spiro atoms. The molecule has 6 nitrogen and oxygen atoms in total. The van der Waals surface area contributed by atoms with Gasteiger partial charge < -0.3 is 14.8 Å². The molecular weight excluding hydrogens is 354 g/mol. The molecule has 1 aliphatic rings. The molecular formula is C22H21N3O3. The smallest absolute Gasteiger partial charge is 0.263 e. The van der Waals surface area contributed by atoms with Gasteiger partial charge in [-0.1, -0.05) is 42.5 Å². The summed E-state index contributed by atoms with van der Waals surface area (Å²) in [4.78, 5) is 38.8. The van der Waals surface area contributed by atoms with E-state index in [0.29, 0.717) is 13.1 Å². The van der Waals surface area contributed by atoms with Crippen LogP contribution < -0.4 is 10.9 Å². The fourth-order valence-electron chi connectivity index (χ4n) is 3.69. The van der Waals surface area contributed by atoms with E-state index in [1.807, 2.05) is 36.4 Å². The van der Waals surface area contributed by atoms with Gasteiger partial charge in [-0.3, -0.25) is 14.4 Å². The standard InChI is InChI=1S/C22H21N3O3/c1-24-11-5-10-19(22(24)28)21(27)23-17-12-20(26)25(14-17)13-16-8-4-7-15-6-2-3-9-18(15)16/h2-11,17H,12-14H2,1H3,(H,23,27)/t17-/m0/s1. The first-order valence-corrected chi connectivity index (χ1v) is 9.24. The van der Waals surface area contributed by atoms with Gasteiger partial charge in [0.05, 0.1) is 6.04 Å². The van der Waals surface area contributed by atoms with Crippen LogP contribution in [0.3, 0.4) is 0 Å². The second kappa shape index (κ2) is 7.31. The summed E-state index contributed by atoms with van der Waals surface area (Å²) in [6.07, 6.45) is 1.84. The van der Waals surface area contributed by atoms with Crippen molar-refractivity contribution in [2.45, 2.75) is 19.0 Å². The molecule has 0 radical (unpaired) electrons. The van der Waals surface area contributed by atoms with Crippen LogP contribution in [-0.2, 0) is 18.4 Å². The van der Waals surface area contributed by atoms with Crippen molar-refractivity contribution in [3.8, 4) is 0 Å². The molecule has 2 amide bonds. The van der Waals surface area contributed by atoms with Crippen LogP contribution in [0.25, 0.3) is 10.8 Å². The molecule has 0 aliphatic carbocycles. The fourth-order valence-corrected chi connectivity index (χ4v) is 3.69. The number of benzene rings is 2. The number of hydrogen-bond acceptors (Lipinski definition) is 3. The minimum Gasteiger partial charge on any atom is -0.347 e. The van der Waals surface area contributed by atoms with E-state index in [0.717, 1.165) is 16.3 Å². The van der Waals surface area contributed by atoms with Gasteiger partial charge in [0.15, 0.2) is 0 Å². The summed E-state index contributed by atoms with van der Waals surface area (Å²) < 4.78 is 1.36. The summed E-state index contributed by atoms with van der Waals surface area (Å²) in [5.41, 5.74) is 0.817. The van der Waals surface area contributed by atoms with Gasteiger partial charge in [-0.15, -0.1) is 0 Å². The van der Waals surface area contributed by atoms with Gasteiger partial charge in [-0.05, 0) is 28.5 Å². The largest absolute Gasteiger partial charge is 0.347 e. The van der Waals surface area contributed by atoms with Gasteiger partial charge in [-0.25, -0.2) is 0 Å². The molecule has 1 atom stereocenters. The van der Waals surface area contributed by atoms with Crippen LogP contribution in [-0.4, -0.2) is 33.9 Å². The molecule has 2 aromatic carbocycles. The Morgan fingerprint density at radius 2 is 1.86 bits per heavy atom. The van der Waals surface area contributed by atoms with Crippen molar-refractivity contribution in [1.29, 1.82) is 0 Å². The molecule has 1 N–H and O–H groups in total. The average molecular weight is 375 g/mol. The van der Waals surface area contributed by atoms with Gasteiger partial charge in [0.25, 0.3) is 11.5 Å². The summed E-state index contributed by atoms with van der Waals surface area (Å²) in [5, 5.41) is 5.09. The predicted molar refractivity (Wildman–Crippen MR) is 107 cm³/mol. The number of carbonyl (C=O) groups is 2. The number of fused-ring (bicyclic) bond motifs is 1. The average Bonchev–Trinajstić information content (AvgIpc) is 3.03. The molecule has 28 heavy (non-hydrogen) atoms. The van der Waals surface area contributed by atoms with Crippen molar-refractivity contribution in [3.05, 3.63) is 82.3 Å². The molecule has 4 rings (SSSR count). The Kier molecular flexibility index (Phi) is 4.69. The lowest BCUT2D eigenvalue weighted by Gasteiger charge is -2.18. The van der Waals surface area contributed by atoms with Gasteiger partial charge in [0, 0.05) is 32.8 Å². The monoisotopic (exact) mass is 375 g/mol. The summed E-state index contributed by atoms with van der Waals surface area (Å²) in [6, 6.07) is 17.0. The first-order valence-electron chi connectivity index (χ1n) is 9.24. The molecule has 0 unspecified atom stereocenters. The topological polar surface area (TPSA) is 71.4 Å². The Balaban J connectivity index is 1.47. The fraction of sp³-hybridized carbons (Fsp3) is 0.227. The maximum absolute atomic E-state index is 12.5. The van der Waals surface area contributed by atoms with Crippen LogP contribution in [0.4, 0.5) is 0 Å². The van der Waals surface area contributed by atoms with E-state index in [4.69, 9.17) is 0 Å². The second-order valence-corrected chi connectivity index (χ2v) is 7.12. The van der Waals surface area contributed by atoms with Crippen LogP contribution >= 0.6 is 0 Å². The Hall–Kier alpha value is -3.41. The molecule has 6 heteroatoms. The minimum absolute atomic E-state index is 0.000742. The SMILES string of the molecule is Cn1cccc(C(=O)N[C@H]2CC(=O)N(Cc3cccc4ccccc34)C2)c1=O. The lowest BCUT2D eigenvalue weighted by Crippen LogP contribution is -2.40. The zero-order valence-corrected chi connectivity index (χ0v) is 15.6. The lowest BCUT2D eigenvalue weighted by atomic mass is 10.0. The van der Waals surface area contributed by atoms with E-state index in [-0.39, 0.29) is 29.5 Å². The molecule has 0 bridgehead atoms. The Bertz CT molecular complexity index is 1110. The van der Waals surface area contributed by atoms with Gasteiger partial charge in [0.1, 0.15) is 5.56 Å². The Morgan fingerprint density at radius 1 is 1.07 bits per heavy atom. The number of amides is 2.